The second kappa shape index (κ2) is 5.43. The van der Waals surface area contributed by atoms with Gasteiger partial charge in [0, 0.05) is 24.7 Å². The number of rotatable bonds is 3. The van der Waals surface area contributed by atoms with Gasteiger partial charge in [0.05, 0.1) is 12.8 Å². The van der Waals surface area contributed by atoms with E-state index < -0.39 is 0 Å². The number of furan rings is 1. The van der Waals surface area contributed by atoms with Crippen LogP contribution in [0.5, 0.6) is 0 Å². The first-order valence-corrected chi connectivity index (χ1v) is 7.20. The Bertz CT molecular complexity index is 533. The van der Waals surface area contributed by atoms with Gasteiger partial charge in [-0.3, -0.25) is 4.90 Å². The maximum Gasteiger partial charge on any atom is 0.117 e. The van der Waals surface area contributed by atoms with Crippen molar-refractivity contribution in [2.75, 3.05) is 13.1 Å². The summed E-state index contributed by atoms with van der Waals surface area (Å²) in [5.41, 5.74) is 1.50. The largest absolute Gasteiger partial charge is 0.468 e. The van der Waals surface area contributed by atoms with E-state index >= 15 is 0 Å². The second-order valence-corrected chi connectivity index (χ2v) is 6.18. The lowest BCUT2D eigenvalue weighted by atomic mass is 9.95. The molecule has 1 aliphatic heterocycles. The predicted octanol–water partition coefficient (Wildman–Crippen LogP) is 3.20. The average Bonchev–Trinajstić information content (AvgIpc) is 2.92. The molecule has 3 rings (SSSR count). The molecular formula is C17H22N2O. The van der Waals surface area contributed by atoms with E-state index in [0.717, 1.165) is 25.4 Å². The van der Waals surface area contributed by atoms with Gasteiger partial charge in [-0.25, -0.2) is 0 Å². The normalized spacial score (nSPS) is 22.8. The van der Waals surface area contributed by atoms with Crippen LogP contribution in [0.25, 0.3) is 0 Å². The highest BCUT2D eigenvalue weighted by molar-refractivity contribution is 5.21. The van der Waals surface area contributed by atoms with Crippen molar-refractivity contribution in [3.63, 3.8) is 0 Å². The van der Waals surface area contributed by atoms with E-state index in [9.17, 15) is 0 Å². The molecule has 0 radical (unpaired) electrons. The van der Waals surface area contributed by atoms with E-state index in [4.69, 9.17) is 4.42 Å². The van der Waals surface area contributed by atoms with Gasteiger partial charge < -0.3 is 9.73 Å². The molecule has 1 aromatic heterocycles. The molecule has 0 amide bonds. The van der Waals surface area contributed by atoms with Gasteiger partial charge in [0.1, 0.15) is 5.76 Å². The lowest BCUT2D eigenvalue weighted by Gasteiger charge is -2.44. The van der Waals surface area contributed by atoms with Crippen LogP contribution in [-0.4, -0.2) is 23.5 Å². The van der Waals surface area contributed by atoms with Gasteiger partial charge in [0.25, 0.3) is 0 Å². The fourth-order valence-electron chi connectivity index (χ4n) is 2.95. The molecule has 20 heavy (non-hydrogen) atoms. The summed E-state index contributed by atoms with van der Waals surface area (Å²) < 4.78 is 5.53. The summed E-state index contributed by atoms with van der Waals surface area (Å²) in [7, 11) is 0. The standard InChI is InChI=1S/C17H22N2O/c1-17(2)13-19(12-15-9-6-10-20-15)16(11-18-17)14-7-4-3-5-8-14/h3-10,16,18H,11-13H2,1-2H3. The van der Waals surface area contributed by atoms with Gasteiger partial charge in [-0.1, -0.05) is 30.3 Å². The Balaban J connectivity index is 1.83. The third-order valence-corrected chi connectivity index (χ3v) is 3.94. The van der Waals surface area contributed by atoms with Crippen LogP contribution in [0, 0.1) is 0 Å². The SMILES string of the molecule is CC1(C)CN(Cc2ccco2)C(c2ccccc2)CN1. The van der Waals surface area contributed by atoms with Crippen LogP contribution in [0.15, 0.2) is 53.1 Å². The molecule has 3 heteroatoms. The topological polar surface area (TPSA) is 28.4 Å². The third kappa shape index (κ3) is 2.94. The summed E-state index contributed by atoms with van der Waals surface area (Å²) in [6, 6.07) is 15.1. The predicted molar refractivity (Wildman–Crippen MR) is 80.4 cm³/mol. The Morgan fingerprint density at radius 3 is 2.70 bits per heavy atom. The summed E-state index contributed by atoms with van der Waals surface area (Å²) in [6.45, 7) is 7.34. The van der Waals surface area contributed by atoms with Gasteiger partial charge in [0.2, 0.25) is 0 Å². The summed E-state index contributed by atoms with van der Waals surface area (Å²) in [5, 5.41) is 3.64. The molecule has 1 fully saturated rings. The molecule has 1 unspecified atom stereocenters. The number of nitrogens with one attached hydrogen (secondary N) is 1. The van der Waals surface area contributed by atoms with Crippen LogP contribution in [0.2, 0.25) is 0 Å². The van der Waals surface area contributed by atoms with Gasteiger partial charge in [-0.2, -0.15) is 0 Å². The summed E-state index contributed by atoms with van der Waals surface area (Å²) in [6.07, 6.45) is 1.75. The molecule has 2 heterocycles. The quantitative estimate of drug-likeness (QED) is 0.928. The number of hydrogen-bond acceptors (Lipinski definition) is 3. The molecule has 1 N–H and O–H groups in total. The molecule has 1 aromatic carbocycles. The average molecular weight is 270 g/mol. The molecular weight excluding hydrogens is 248 g/mol. The van der Waals surface area contributed by atoms with Crippen molar-refractivity contribution < 1.29 is 4.42 Å². The van der Waals surface area contributed by atoms with Crippen molar-refractivity contribution >= 4 is 0 Å². The summed E-state index contributed by atoms with van der Waals surface area (Å²) in [4.78, 5) is 2.50. The highest BCUT2D eigenvalue weighted by Gasteiger charge is 2.33. The zero-order valence-corrected chi connectivity index (χ0v) is 12.2. The van der Waals surface area contributed by atoms with Crippen molar-refractivity contribution in [3.8, 4) is 0 Å². The molecule has 1 saturated heterocycles. The fourth-order valence-corrected chi connectivity index (χ4v) is 2.95. The Kier molecular flexibility index (Phi) is 3.64. The maximum absolute atomic E-state index is 5.53. The summed E-state index contributed by atoms with van der Waals surface area (Å²) >= 11 is 0. The molecule has 0 spiro atoms. The smallest absolute Gasteiger partial charge is 0.117 e. The summed E-state index contributed by atoms with van der Waals surface area (Å²) in [5.74, 6) is 1.03. The minimum absolute atomic E-state index is 0.137. The molecule has 1 aliphatic rings. The zero-order chi connectivity index (χ0) is 14.0. The Hall–Kier alpha value is -1.58. The van der Waals surface area contributed by atoms with E-state index in [2.05, 4.69) is 60.5 Å². The number of nitrogens with zero attached hydrogens (tertiary/aromatic N) is 1. The van der Waals surface area contributed by atoms with E-state index in [0.29, 0.717) is 6.04 Å². The molecule has 0 saturated carbocycles. The van der Waals surface area contributed by atoms with Gasteiger partial charge in [-0.05, 0) is 31.5 Å². The molecule has 2 aromatic rings. The molecule has 106 valence electrons. The first-order valence-electron chi connectivity index (χ1n) is 7.20. The lowest BCUT2D eigenvalue weighted by molar-refractivity contribution is 0.0813. The number of piperazine rings is 1. The fraction of sp³-hybridized carbons (Fsp3) is 0.412. The van der Waals surface area contributed by atoms with Crippen LogP contribution in [-0.2, 0) is 6.54 Å². The Labute approximate surface area is 120 Å². The zero-order valence-electron chi connectivity index (χ0n) is 12.2. The van der Waals surface area contributed by atoms with Crippen molar-refractivity contribution in [1.82, 2.24) is 10.2 Å². The van der Waals surface area contributed by atoms with Crippen LogP contribution in [0.4, 0.5) is 0 Å². The first-order chi connectivity index (χ1) is 9.64. The first kappa shape index (κ1) is 13.4. The van der Waals surface area contributed by atoms with E-state index in [1.165, 1.54) is 5.56 Å². The second-order valence-electron chi connectivity index (χ2n) is 6.18. The van der Waals surface area contributed by atoms with Crippen LogP contribution in [0.3, 0.4) is 0 Å². The maximum atomic E-state index is 5.53. The van der Waals surface area contributed by atoms with Crippen LogP contribution >= 0.6 is 0 Å². The third-order valence-electron chi connectivity index (χ3n) is 3.94. The van der Waals surface area contributed by atoms with Gasteiger partial charge in [0.15, 0.2) is 0 Å². The van der Waals surface area contributed by atoms with Gasteiger partial charge >= 0.3 is 0 Å². The number of hydrogen-bond donors (Lipinski definition) is 1. The van der Waals surface area contributed by atoms with Crippen molar-refractivity contribution in [3.05, 3.63) is 60.1 Å². The monoisotopic (exact) mass is 270 g/mol. The van der Waals surface area contributed by atoms with Crippen LogP contribution < -0.4 is 5.32 Å². The van der Waals surface area contributed by atoms with Gasteiger partial charge in [-0.15, -0.1) is 0 Å². The minimum atomic E-state index is 0.137. The van der Waals surface area contributed by atoms with Crippen molar-refractivity contribution in [2.24, 2.45) is 0 Å². The highest BCUT2D eigenvalue weighted by Crippen LogP contribution is 2.28. The van der Waals surface area contributed by atoms with Crippen LogP contribution in [0.1, 0.15) is 31.2 Å². The van der Waals surface area contributed by atoms with Crippen molar-refractivity contribution in [2.45, 2.75) is 32.0 Å². The lowest BCUT2D eigenvalue weighted by Crippen LogP contribution is -2.57. The number of benzene rings is 1. The molecule has 0 aliphatic carbocycles. The van der Waals surface area contributed by atoms with E-state index in [1.54, 1.807) is 6.26 Å². The van der Waals surface area contributed by atoms with E-state index in [-0.39, 0.29) is 5.54 Å². The Morgan fingerprint density at radius 2 is 2.00 bits per heavy atom. The molecule has 3 nitrogen and oxygen atoms in total. The highest BCUT2D eigenvalue weighted by atomic mass is 16.3. The van der Waals surface area contributed by atoms with Crippen molar-refractivity contribution in [1.29, 1.82) is 0 Å². The van der Waals surface area contributed by atoms with E-state index in [1.807, 2.05) is 6.07 Å². The Morgan fingerprint density at radius 1 is 1.20 bits per heavy atom. The minimum Gasteiger partial charge on any atom is -0.468 e. The molecule has 0 bridgehead atoms. The molecule has 1 atom stereocenters.